The number of benzene rings is 1. The van der Waals surface area contributed by atoms with E-state index in [2.05, 4.69) is 26.2 Å². The molecule has 0 spiro atoms. The number of ether oxygens (including phenoxy) is 2. The van der Waals surface area contributed by atoms with Gasteiger partial charge in [0.2, 0.25) is 0 Å². The van der Waals surface area contributed by atoms with Crippen LogP contribution in [0.25, 0.3) is 0 Å². The van der Waals surface area contributed by atoms with Crippen molar-refractivity contribution in [1.82, 2.24) is 4.98 Å². The molecule has 0 saturated heterocycles. The molecule has 0 fully saturated rings. The van der Waals surface area contributed by atoms with Crippen LogP contribution in [0.4, 0.5) is 5.69 Å². The summed E-state index contributed by atoms with van der Waals surface area (Å²) in [7, 11) is 3.03. The Morgan fingerprint density at radius 2 is 1.90 bits per heavy atom. The van der Waals surface area contributed by atoms with E-state index in [-0.39, 0.29) is 5.91 Å². The molecule has 0 unspecified atom stereocenters. The van der Waals surface area contributed by atoms with Gasteiger partial charge in [0.05, 0.1) is 24.9 Å². The summed E-state index contributed by atoms with van der Waals surface area (Å²) in [6.07, 6.45) is 1.67. The van der Waals surface area contributed by atoms with Gasteiger partial charge in [-0.1, -0.05) is 11.6 Å². The number of rotatable bonds is 4. The van der Waals surface area contributed by atoms with Gasteiger partial charge in [0.15, 0.2) is 11.5 Å². The monoisotopic (exact) mass is 358 g/mol. The van der Waals surface area contributed by atoms with Crippen LogP contribution in [0.2, 0.25) is 5.02 Å². The van der Waals surface area contributed by atoms with Gasteiger partial charge < -0.3 is 19.8 Å². The summed E-state index contributed by atoms with van der Waals surface area (Å²) in [5.41, 5.74) is 0.864. The second kappa shape index (κ2) is 6.19. The van der Waals surface area contributed by atoms with Crippen molar-refractivity contribution in [2.24, 2.45) is 0 Å². The Kier molecular flexibility index (Phi) is 4.57. The van der Waals surface area contributed by atoms with Gasteiger partial charge >= 0.3 is 0 Å². The first-order chi connectivity index (χ1) is 9.55. The number of carbonyl (C=O) groups excluding carboxylic acids is 1. The lowest BCUT2D eigenvalue weighted by Crippen LogP contribution is -2.12. The second-order valence-corrected chi connectivity index (χ2v) is 5.20. The van der Waals surface area contributed by atoms with E-state index in [0.717, 1.165) is 4.47 Å². The molecule has 0 aliphatic carbocycles. The topological polar surface area (TPSA) is 63.3 Å². The molecule has 2 N–H and O–H groups in total. The van der Waals surface area contributed by atoms with E-state index in [1.165, 1.54) is 14.2 Å². The van der Waals surface area contributed by atoms with Crippen LogP contribution in [0.15, 0.2) is 28.9 Å². The summed E-state index contributed by atoms with van der Waals surface area (Å²) in [5, 5.41) is 3.07. The highest BCUT2D eigenvalue weighted by Gasteiger charge is 2.14. The molecule has 0 atom stereocenters. The van der Waals surface area contributed by atoms with Gasteiger partial charge in [-0.2, -0.15) is 0 Å². The van der Waals surface area contributed by atoms with E-state index in [9.17, 15) is 4.79 Å². The lowest BCUT2D eigenvalue weighted by Gasteiger charge is -2.12. The molecule has 0 saturated carbocycles. The Labute approximate surface area is 129 Å². The summed E-state index contributed by atoms with van der Waals surface area (Å²) < 4.78 is 11.1. The highest BCUT2D eigenvalue weighted by molar-refractivity contribution is 9.10. The Morgan fingerprint density at radius 1 is 1.25 bits per heavy atom. The molecule has 1 aromatic carbocycles. The number of halogens is 2. The number of hydrogen-bond donors (Lipinski definition) is 2. The number of anilines is 1. The van der Waals surface area contributed by atoms with Crippen LogP contribution in [-0.2, 0) is 0 Å². The number of hydrogen-bond acceptors (Lipinski definition) is 3. The molecular weight excluding hydrogens is 348 g/mol. The summed E-state index contributed by atoms with van der Waals surface area (Å²) >= 11 is 9.37. The summed E-state index contributed by atoms with van der Waals surface area (Å²) in [6.45, 7) is 0. The van der Waals surface area contributed by atoms with E-state index in [0.29, 0.717) is 27.9 Å². The lowest BCUT2D eigenvalue weighted by molar-refractivity contribution is 0.102. The maximum absolute atomic E-state index is 12.0. The third-order valence-electron chi connectivity index (χ3n) is 2.61. The number of aromatic nitrogens is 1. The number of amides is 1. The van der Waals surface area contributed by atoms with Crippen molar-refractivity contribution in [2.75, 3.05) is 19.5 Å². The van der Waals surface area contributed by atoms with E-state index in [1.54, 1.807) is 24.4 Å². The van der Waals surface area contributed by atoms with Gasteiger partial charge in [0.25, 0.3) is 5.91 Å². The molecule has 1 heterocycles. The van der Waals surface area contributed by atoms with Crippen LogP contribution in [0.1, 0.15) is 10.5 Å². The Balaban J connectivity index is 2.27. The average Bonchev–Trinajstić information content (AvgIpc) is 2.87. The Hall–Kier alpha value is -1.66. The van der Waals surface area contributed by atoms with Crippen LogP contribution in [0.3, 0.4) is 0 Å². The molecule has 7 heteroatoms. The van der Waals surface area contributed by atoms with Crippen molar-refractivity contribution in [3.63, 3.8) is 0 Å². The number of carbonyl (C=O) groups is 1. The molecule has 1 amide bonds. The van der Waals surface area contributed by atoms with Crippen LogP contribution >= 0.6 is 27.5 Å². The molecule has 0 aliphatic heterocycles. The Morgan fingerprint density at radius 3 is 2.45 bits per heavy atom. The second-order valence-electron chi connectivity index (χ2n) is 3.87. The quantitative estimate of drug-likeness (QED) is 0.875. The van der Waals surface area contributed by atoms with E-state index in [1.807, 2.05) is 0 Å². The van der Waals surface area contributed by atoms with E-state index >= 15 is 0 Å². The predicted molar refractivity (Wildman–Crippen MR) is 81.0 cm³/mol. The van der Waals surface area contributed by atoms with Crippen LogP contribution in [0, 0.1) is 0 Å². The van der Waals surface area contributed by atoms with E-state index in [4.69, 9.17) is 21.1 Å². The first-order valence-electron chi connectivity index (χ1n) is 5.62. The van der Waals surface area contributed by atoms with Crippen molar-refractivity contribution in [3.8, 4) is 11.5 Å². The van der Waals surface area contributed by atoms with Gasteiger partial charge in [-0.15, -0.1) is 0 Å². The fourth-order valence-corrected chi connectivity index (χ4v) is 2.18. The average molecular weight is 360 g/mol. The molecule has 0 radical (unpaired) electrons. The molecule has 2 rings (SSSR count). The largest absolute Gasteiger partial charge is 0.493 e. The minimum atomic E-state index is -0.301. The number of H-pyrrole nitrogens is 1. The SMILES string of the molecule is COc1cc(Cl)c(NC(=O)c2cc(Br)c[nH]2)cc1OC. The molecule has 0 bridgehead atoms. The maximum Gasteiger partial charge on any atom is 0.272 e. The van der Waals surface area contributed by atoms with Gasteiger partial charge in [-0.25, -0.2) is 0 Å². The molecule has 0 aliphatic rings. The van der Waals surface area contributed by atoms with Gasteiger partial charge in [-0.05, 0) is 22.0 Å². The van der Waals surface area contributed by atoms with Crippen molar-refractivity contribution in [2.45, 2.75) is 0 Å². The highest BCUT2D eigenvalue weighted by Crippen LogP contribution is 2.36. The summed E-state index contributed by atoms with van der Waals surface area (Å²) in [6, 6.07) is 4.86. The van der Waals surface area contributed by atoms with Crippen molar-refractivity contribution in [3.05, 3.63) is 39.6 Å². The smallest absolute Gasteiger partial charge is 0.272 e. The van der Waals surface area contributed by atoms with Crippen LogP contribution in [0.5, 0.6) is 11.5 Å². The fraction of sp³-hybridized carbons (Fsp3) is 0.154. The number of methoxy groups -OCH3 is 2. The van der Waals surface area contributed by atoms with Crippen LogP contribution in [-0.4, -0.2) is 25.1 Å². The zero-order chi connectivity index (χ0) is 14.7. The molecule has 20 heavy (non-hydrogen) atoms. The standard InChI is InChI=1S/C13H12BrClN2O3/c1-19-11-4-8(15)9(5-12(11)20-2)17-13(18)10-3-7(14)6-16-10/h3-6,16H,1-2H3,(H,17,18). The number of nitrogens with one attached hydrogen (secondary N) is 2. The van der Waals surface area contributed by atoms with Gasteiger partial charge in [-0.3, -0.25) is 4.79 Å². The molecule has 106 valence electrons. The summed E-state index contributed by atoms with van der Waals surface area (Å²) in [5.74, 6) is 0.683. The van der Waals surface area contributed by atoms with Crippen molar-refractivity contribution in [1.29, 1.82) is 0 Å². The van der Waals surface area contributed by atoms with Crippen molar-refractivity contribution < 1.29 is 14.3 Å². The minimum absolute atomic E-state index is 0.301. The molecular formula is C13H12BrClN2O3. The zero-order valence-corrected chi connectivity index (χ0v) is 13.1. The fourth-order valence-electron chi connectivity index (χ4n) is 1.64. The maximum atomic E-state index is 12.0. The van der Waals surface area contributed by atoms with Crippen molar-refractivity contribution >= 4 is 39.1 Å². The Bertz CT molecular complexity index is 643. The van der Waals surface area contributed by atoms with Crippen LogP contribution < -0.4 is 14.8 Å². The third kappa shape index (κ3) is 3.08. The third-order valence-corrected chi connectivity index (χ3v) is 3.38. The number of aromatic amines is 1. The normalized spacial score (nSPS) is 10.2. The first kappa shape index (κ1) is 14.7. The van der Waals surface area contributed by atoms with E-state index < -0.39 is 0 Å². The first-order valence-corrected chi connectivity index (χ1v) is 6.79. The molecule has 2 aromatic rings. The highest BCUT2D eigenvalue weighted by atomic mass is 79.9. The molecule has 5 nitrogen and oxygen atoms in total. The lowest BCUT2D eigenvalue weighted by atomic mass is 10.2. The van der Waals surface area contributed by atoms with Gasteiger partial charge in [0, 0.05) is 22.8 Å². The minimum Gasteiger partial charge on any atom is -0.493 e. The zero-order valence-electron chi connectivity index (χ0n) is 10.8. The predicted octanol–water partition coefficient (Wildman–Crippen LogP) is 3.70. The summed E-state index contributed by atoms with van der Waals surface area (Å²) in [4.78, 5) is 14.9. The molecule has 1 aromatic heterocycles. The van der Waals surface area contributed by atoms with Gasteiger partial charge in [0.1, 0.15) is 5.69 Å².